The van der Waals surface area contributed by atoms with Gasteiger partial charge in [-0.05, 0) is 30.5 Å². The topological polar surface area (TPSA) is 58.4 Å². The molecule has 1 aromatic rings. The predicted molar refractivity (Wildman–Crippen MR) is 78.3 cm³/mol. The van der Waals surface area contributed by atoms with Crippen molar-refractivity contribution in [3.05, 3.63) is 28.8 Å². The number of hydrogen-bond acceptors (Lipinski definition) is 3. The van der Waals surface area contributed by atoms with Gasteiger partial charge in [-0.25, -0.2) is 0 Å². The minimum absolute atomic E-state index is 0.0618. The third-order valence-electron chi connectivity index (χ3n) is 3.66. The number of rotatable bonds is 3. The summed E-state index contributed by atoms with van der Waals surface area (Å²) in [5.41, 5.74) is 7.62. The standard InChI is InChI=1S/C14H20ClN3O/c1-17-14(19)11-3-2-6-18(9-11)12-5-4-10(8-16)13(15)7-12/h4-5,7,11H,2-3,6,8-9,16H2,1H3,(H,17,19). The number of amides is 1. The Balaban J connectivity index is 2.13. The maximum atomic E-state index is 11.7. The largest absolute Gasteiger partial charge is 0.371 e. The third kappa shape index (κ3) is 3.19. The number of hydrogen-bond donors (Lipinski definition) is 2. The SMILES string of the molecule is CNC(=O)C1CCCN(c2ccc(CN)c(Cl)c2)C1. The molecule has 3 N–H and O–H groups in total. The van der Waals surface area contributed by atoms with Crippen LogP contribution in [0.25, 0.3) is 0 Å². The molecule has 0 radical (unpaired) electrons. The summed E-state index contributed by atoms with van der Waals surface area (Å²) in [7, 11) is 1.69. The van der Waals surface area contributed by atoms with Crippen molar-refractivity contribution in [3.63, 3.8) is 0 Å². The van der Waals surface area contributed by atoms with Crippen LogP contribution in [0.1, 0.15) is 18.4 Å². The van der Waals surface area contributed by atoms with Crippen LogP contribution in [0.15, 0.2) is 18.2 Å². The van der Waals surface area contributed by atoms with Crippen molar-refractivity contribution in [1.29, 1.82) is 0 Å². The molecule has 1 aliphatic rings. The van der Waals surface area contributed by atoms with E-state index in [1.54, 1.807) is 7.05 Å². The molecule has 1 fully saturated rings. The molecule has 5 heteroatoms. The Kier molecular flexibility index (Phi) is 4.66. The van der Waals surface area contributed by atoms with Crippen molar-refractivity contribution in [2.75, 3.05) is 25.0 Å². The van der Waals surface area contributed by atoms with E-state index in [1.807, 2.05) is 18.2 Å². The van der Waals surface area contributed by atoms with Crippen LogP contribution < -0.4 is 16.0 Å². The van der Waals surface area contributed by atoms with Crippen molar-refractivity contribution in [2.24, 2.45) is 11.7 Å². The van der Waals surface area contributed by atoms with Gasteiger partial charge >= 0.3 is 0 Å². The molecule has 1 atom stereocenters. The number of carbonyl (C=O) groups excluding carboxylic acids is 1. The number of nitrogens with zero attached hydrogens (tertiary/aromatic N) is 1. The molecule has 0 aromatic heterocycles. The van der Waals surface area contributed by atoms with Crippen LogP contribution in [0, 0.1) is 5.92 Å². The minimum atomic E-state index is 0.0618. The summed E-state index contributed by atoms with van der Waals surface area (Å²) in [6.07, 6.45) is 1.97. The quantitative estimate of drug-likeness (QED) is 0.888. The summed E-state index contributed by atoms with van der Waals surface area (Å²) >= 11 is 6.19. The molecule has 0 saturated carbocycles. The van der Waals surface area contributed by atoms with Gasteiger partial charge in [0.15, 0.2) is 0 Å². The zero-order valence-corrected chi connectivity index (χ0v) is 11.9. The molecule has 1 unspecified atom stereocenters. The van der Waals surface area contributed by atoms with Gasteiger partial charge in [-0.3, -0.25) is 4.79 Å². The summed E-state index contributed by atoms with van der Waals surface area (Å²) in [5, 5.41) is 3.42. The second-order valence-corrected chi connectivity index (χ2v) is 5.29. The van der Waals surface area contributed by atoms with Crippen LogP contribution in [0.2, 0.25) is 5.02 Å². The Labute approximate surface area is 118 Å². The lowest BCUT2D eigenvalue weighted by atomic mass is 9.96. The average molecular weight is 282 g/mol. The number of nitrogens with one attached hydrogen (secondary N) is 1. The molecule has 104 valence electrons. The number of carbonyl (C=O) groups is 1. The van der Waals surface area contributed by atoms with Gasteiger partial charge in [-0.1, -0.05) is 17.7 Å². The Hall–Kier alpha value is -1.26. The van der Waals surface area contributed by atoms with Crippen LogP contribution in [-0.2, 0) is 11.3 Å². The van der Waals surface area contributed by atoms with Gasteiger partial charge in [0.25, 0.3) is 0 Å². The van der Waals surface area contributed by atoms with Gasteiger partial charge in [0, 0.05) is 37.4 Å². The number of halogens is 1. The van der Waals surface area contributed by atoms with Crippen LogP contribution in [-0.4, -0.2) is 26.0 Å². The zero-order chi connectivity index (χ0) is 13.8. The van der Waals surface area contributed by atoms with Gasteiger partial charge < -0.3 is 16.0 Å². The van der Waals surface area contributed by atoms with E-state index in [1.165, 1.54) is 0 Å². The van der Waals surface area contributed by atoms with Crippen LogP contribution in [0.4, 0.5) is 5.69 Å². The van der Waals surface area contributed by atoms with E-state index >= 15 is 0 Å². The maximum Gasteiger partial charge on any atom is 0.224 e. The Morgan fingerprint density at radius 3 is 3.00 bits per heavy atom. The Bertz CT molecular complexity index is 464. The first-order chi connectivity index (χ1) is 9.15. The molecule has 0 spiro atoms. The van der Waals surface area contributed by atoms with Gasteiger partial charge in [-0.15, -0.1) is 0 Å². The van der Waals surface area contributed by atoms with E-state index < -0.39 is 0 Å². The molecule has 1 aliphatic heterocycles. The molecule has 1 aromatic carbocycles. The summed E-state index contributed by atoms with van der Waals surface area (Å²) in [4.78, 5) is 13.9. The van der Waals surface area contributed by atoms with Gasteiger partial charge in [-0.2, -0.15) is 0 Å². The van der Waals surface area contributed by atoms with Crippen LogP contribution >= 0.6 is 11.6 Å². The highest BCUT2D eigenvalue weighted by Gasteiger charge is 2.25. The van der Waals surface area contributed by atoms with Gasteiger partial charge in [0.05, 0.1) is 5.92 Å². The second-order valence-electron chi connectivity index (χ2n) is 4.88. The van der Waals surface area contributed by atoms with Crippen LogP contribution in [0.5, 0.6) is 0 Å². The monoisotopic (exact) mass is 281 g/mol. The van der Waals surface area contributed by atoms with E-state index in [0.717, 1.165) is 37.2 Å². The second kappa shape index (κ2) is 6.26. The molecule has 0 aliphatic carbocycles. The van der Waals surface area contributed by atoms with Crippen molar-refractivity contribution in [2.45, 2.75) is 19.4 Å². The smallest absolute Gasteiger partial charge is 0.224 e. The van der Waals surface area contributed by atoms with E-state index in [9.17, 15) is 4.79 Å². The zero-order valence-electron chi connectivity index (χ0n) is 11.2. The fourth-order valence-corrected chi connectivity index (χ4v) is 2.78. The predicted octanol–water partition coefficient (Wildman–Crippen LogP) is 1.76. The lowest BCUT2D eigenvalue weighted by Gasteiger charge is -2.33. The Morgan fingerprint density at radius 1 is 1.58 bits per heavy atom. The molecule has 2 rings (SSSR count). The van der Waals surface area contributed by atoms with Gasteiger partial charge in [0.2, 0.25) is 5.91 Å². The molecular weight excluding hydrogens is 262 g/mol. The van der Waals surface area contributed by atoms with E-state index in [4.69, 9.17) is 17.3 Å². The Morgan fingerprint density at radius 2 is 2.37 bits per heavy atom. The van der Waals surface area contributed by atoms with Crippen molar-refractivity contribution < 1.29 is 4.79 Å². The molecule has 4 nitrogen and oxygen atoms in total. The number of benzene rings is 1. The molecule has 19 heavy (non-hydrogen) atoms. The third-order valence-corrected chi connectivity index (χ3v) is 4.01. The summed E-state index contributed by atoms with van der Waals surface area (Å²) in [6, 6.07) is 5.93. The fraction of sp³-hybridized carbons (Fsp3) is 0.500. The van der Waals surface area contributed by atoms with Crippen molar-refractivity contribution >= 4 is 23.2 Å². The lowest BCUT2D eigenvalue weighted by molar-refractivity contribution is -0.124. The molecular formula is C14H20ClN3O. The maximum absolute atomic E-state index is 11.7. The van der Waals surface area contributed by atoms with E-state index in [-0.39, 0.29) is 11.8 Å². The first-order valence-corrected chi connectivity index (χ1v) is 6.98. The fourth-order valence-electron chi connectivity index (χ4n) is 2.53. The minimum Gasteiger partial charge on any atom is -0.371 e. The molecule has 1 amide bonds. The number of nitrogens with two attached hydrogens (primary N) is 1. The molecule has 1 saturated heterocycles. The van der Waals surface area contributed by atoms with E-state index in [2.05, 4.69) is 10.2 Å². The highest BCUT2D eigenvalue weighted by molar-refractivity contribution is 6.31. The average Bonchev–Trinajstić information content (AvgIpc) is 2.46. The molecule has 1 heterocycles. The number of anilines is 1. The van der Waals surface area contributed by atoms with E-state index in [0.29, 0.717) is 11.6 Å². The normalized spacial score (nSPS) is 19.3. The number of piperidine rings is 1. The summed E-state index contributed by atoms with van der Waals surface area (Å²) in [6.45, 7) is 2.16. The first-order valence-electron chi connectivity index (χ1n) is 6.60. The van der Waals surface area contributed by atoms with Crippen LogP contribution in [0.3, 0.4) is 0 Å². The van der Waals surface area contributed by atoms with Gasteiger partial charge in [0.1, 0.15) is 0 Å². The van der Waals surface area contributed by atoms with Crippen molar-refractivity contribution in [3.8, 4) is 0 Å². The highest BCUT2D eigenvalue weighted by Crippen LogP contribution is 2.27. The van der Waals surface area contributed by atoms with Crippen molar-refractivity contribution in [1.82, 2.24) is 5.32 Å². The highest BCUT2D eigenvalue weighted by atomic mass is 35.5. The lowest BCUT2D eigenvalue weighted by Crippen LogP contribution is -2.42. The summed E-state index contributed by atoms with van der Waals surface area (Å²) < 4.78 is 0. The first kappa shape index (κ1) is 14.2. The summed E-state index contributed by atoms with van der Waals surface area (Å²) in [5.74, 6) is 0.182. The molecule has 0 bridgehead atoms.